The number of nitrogens with zero attached hydrogens (tertiary/aromatic N) is 1. The number of rotatable bonds is 4. The maximum atomic E-state index is 11.9. The molecule has 23 heavy (non-hydrogen) atoms. The highest BCUT2D eigenvalue weighted by Crippen LogP contribution is 2.25. The molecule has 1 fully saturated rings. The zero-order valence-electron chi connectivity index (χ0n) is 14.6. The second-order valence-electron chi connectivity index (χ2n) is 7.29. The van der Waals surface area contributed by atoms with Crippen LogP contribution < -0.4 is 11.1 Å². The van der Waals surface area contributed by atoms with Crippen molar-refractivity contribution in [3.63, 3.8) is 0 Å². The molecule has 0 saturated carbocycles. The predicted molar refractivity (Wildman–Crippen MR) is 92.3 cm³/mol. The van der Waals surface area contributed by atoms with Crippen molar-refractivity contribution in [1.29, 1.82) is 0 Å². The molecule has 1 aromatic rings. The average Bonchev–Trinajstić information content (AvgIpc) is 2.87. The van der Waals surface area contributed by atoms with E-state index in [0.29, 0.717) is 6.54 Å². The largest absolute Gasteiger partial charge is 0.444 e. The van der Waals surface area contributed by atoms with E-state index in [-0.39, 0.29) is 18.2 Å². The van der Waals surface area contributed by atoms with Crippen LogP contribution in [0, 0.1) is 6.92 Å². The number of likely N-dealkylation sites (tertiary alicyclic amines) is 1. The molecule has 0 aliphatic carbocycles. The SMILES string of the molecule is Cc1ccc([C@@H](CN)N2CC[C@H](NC(=O)OC(C)(C)C)C2)cc1. The molecule has 1 saturated heterocycles. The first kappa shape index (κ1) is 17.8. The quantitative estimate of drug-likeness (QED) is 0.895. The van der Waals surface area contributed by atoms with E-state index in [0.717, 1.165) is 19.5 Å². The Kier molecular flexibility index (Phi) is 5.65. The van der Waals surface area contributed by atoms with E-state index in [1.165, 1.54) is 11.1 Å². The highest BCUT2D eigenvalue weighted by atomic mass is 16.6. The molecule has 0 unspecified atom stereocenters. The van der Waals surface area contributed by atoms with Crippen LogP contribution >= 0.6 is 0 Å². The lowest BCUT2D eigenvalue weighted by atomic mass is 10.0. The molecule has 1 amide bonds. The minimum Gasteiger partial charge on any atom is -0.444 e. The molecule has 0 spiro atoms. The zero-order valence-corrected chi connectivity index (χ0v) is 14.6. The van der Waals surface area contributed by atoms with Gasteiger partial charge in [-0.15, -0.1) is 0 Å². The topological polar surface area (TPSA) is 67.6 Å². The number of amides is 1. The van der Waals surface area contributed by atoms with Crippen LogP contribution in [0.15, 0.2) is 24.3 Å². The molecular weight excluding hydrogens is 290 g/mol. The summed E-state index contributed by atoms with van der Waals surface area (Å²) in [5, 5.41) is 2.96. The number of nitrogens with two attached hydrogens (primary N) is 1. The van der Waals surface area contributed by atoms with Crippen LogP contribution in [0.3, 0.4) is 0 Å². The Bertz CT molecular complexity index is 522. The zero-order chi connectivity index (χ0) is 17.0. The van der Waals surface area contributed by atoms with Crippen LogP contribution in [0.25, 0.3) is 0 Å². The highest BCUT2D eigenvalue weighted by molar-refractivity contribution is 5.68. The van der Waals surface area contributed by atoms with Crippen LogP contribution in [0.5, 0.6) is 0 Å². The van der Waals surface area contributed by atoms with Gasteiger partial charge in [0, 0.05) is 31.7 Å². The summed E-state index contributed by atoms with van der Waals surface area (Å²) < 4.78 is 5.33. The van der Waals surface area contributed by atoms with Gasteiger partial charge in [-0.05, 0) is 39.7 Å². The Morgan fingerprint density at radius 3 is 2.61 bits per heavy atom. The van der Waals surface area contributed by atoms with Crippen LogP contribution in [0.4, 0.5) is 4.79 Å². The molecule has 0 bridgehead atoms. The predicted octanol–water partition coefficient (Wildman–Crippen LogP) is 2.59. The first-order valence-corrected chi connectivity index (χ1v) is 8.28. The average molecular weight is 319 g/mol. The van der Waals surface area contributed by atoms with Crippen LogP contribution in [0.2, 0.25) is 0 Å². The van der Waals surface area contributed by atoms with Crippen molar-refractivity contribution < 1.29 is 9.53 Å². The van der Waals surface area contributed by atoms with Crippen LogP contribution in [-0.2, 0) is 4.74 Å². The Balaban J connectivity index is 1.93. The van der Waals surface area contributed by atoms with E-state index >= 15 is 0 Å². The van der Waals surface area contributed by atoms with E-state index < -0.39 is 5.60 Å². The third-order valence-electron chi connectivity index (χ3n) is 4.07. The Labute approximate surface area is 139 Å². The van der Waals surface area contributed by atoms with Gasteiger partial charge in [-0.1, -0.05) is 29.8 Å². The number of alkyl carbamates (subject to hydrolysis) is 1. The molecule has 1 aliphatic rings. The van der Waals surface area contributed by atoms with Gasteiger partial charge in [-0.3, -0.25) is 4.90 Å². The van der Waals surface area contributed by atoms with Crippen molar-refractivity contribution in [1.82, 2.24) is 10.2 Å². The van der Waals surface area contributed by atoms with Crippen molar-refractivity contribution >= 4 is 6.09 Å². The highest BCUT2D eigenvalue weighted by Gasteiger charge is 2.30. The standard InChI is InChI=1S/C18H29N3O2/c1-13-5-7-14(8-6-13)16(11-19)21-10-9-15(12-21)20-17(22)23-18(2,3)4/h5-8,15-16H,9-12,19H2,1-4H3,(H,20,22)/t15-,16+/m0/s1. The summed E-state index contributed by atoms with van der Waals surface area (Å²) in [6.45, 7) is 9.99. The lowest BCUT2D eigenvalue weighted by Gasteiger charge is -2.27. The summed E-state index contributed by atoms with van der Waals surface area (Å²) in [5.41, 5.74) is 8.01. The number of hydrogen-bond donors (Lipinski definition) is 2. The van der Waals surface area contributed by atoms with Gasteiger partial charge in [0.15, 0.2) is 0 Å². The molecule has 1 heterocycles. The molecule has 3 N–H and O–H groups in total. The number of aryl methyl sites for hydroxylation is 1. The van der Waals surface area contributed by atoms with Gasteiger partial charge >= 0.3 is 6.09 Å². The van der Waals surface area contributed by atoms with Gasteiger partial charge < -0.3 is 15.8 Å². The number of carbonyl (C=O) groups is 1. The molecule has 1 aromatic carbocycles. The fraction of sp³-hybridized carbons (Fsp3) is 0.611. The van der Waals surface area contributed by atoms with Crippen molar-refractivity contribution in [2.45, 2.75) is 51.8 Å². The number of ether oxygens (including phenoxy) is 1. The Morgan fingerprint density at radius 1 is 1.39 bits per heavy atom. The van der Waals surface area contributed by atoms with Gasteiger partial charge in [0.05, 0.1) is 0 Å². The summed E-state index contributed by atoms with van der Waals surface area (Å²) in [7, 11) is 0. The van der Waals surface area contributed by atoms with Crippen molar-refractivity contribution in [2.24, 2.45) is 5.73 Å². The fourth-order valence-corrected chi connectivity index (χ4v) is 2.95. The number of carbonyl (C=O) groups excluding carboxylic acids is 1. The minimum absolute atomic E-state index is 0.115. The molecular formula is C18H29N3O2. The van der Waals surface area contributed by atoms with Crippen molar-refractivity contribution in [2.75, 3.05) is 19.6 Å². The second-order valence-corrected chi connectivity index (χ2v) is 7.29. The molecule has 2 atom stereocenters. The summed E-state index contributed by atoms with van der Waals surface area (Å²) in [6.07, 6.45) is 0.575. The van der Waals surface area contributed by atoms with Gasteiger partial charge in [0.25, 0.3) is 0 Å². The monoisotopic (exact) mass is 319 g/mol. The maximum absolute atomic E-state index is 11.9. The summed E-state index contributed by atoms with van der Waals surface area (Å²) >= 11 is 0. The molecule has 5 heteroatoms. The van der Waals surface area contributed by atoms with Gasteiger partial charge in [0.1, 0.15) is 5.60 Å². The van der Waals surface area contributed by atoms with Gasteiger partial charge in [-0.25, -0.2) is 4.79 Å². The van der Waals surface area contributed by atoms with E-state index in [4.69, 9.17) is 10.5 Å². The maximum Gasteiger partial charge on any atom is 0.407 e. The third kappa shape index (κ3) is 5.22. The molecule has 2 rings (SSSR count). The minimum atomic E-state index is -0.468. The summed E-state index contributed by atoms with van der Waals surface area (Å²) in [6, 6.07) is 8.82. The van der Waals surface area contributed by atoms with Crippen molar-refractivity contribution in [3.05, 3.63) is 35.4 Å². The van der Waals surface area contributed by atoms with Gasteiger partial charge in [0.2, 0.25) is 0 Å². The van der Waals surface area contributed by atoms with Crippen LogP contribution in [0.1, 0.15) is 44.4 Å². The smallest absolute Gasteiger partial charge is 0.407 e. The fourth-order valence-electron chi connectivity index (χ4n) is 2.95. The number of hydrogen-bond acceptors (Lipinski definition) is 4. The van der Waals surface area contributed by atoms with E-state index in [9.17, 15) is 4.79 Å². The second kappa shape index (κ2) is 7.32. The van der Waals surface area contributed by atoms with Crippen LogP contribution in [-0.4, -0.2) is 42.3 Å². The lowest BCUT2D eigenvalue weighted by molar-refractivity contribution is 0.0504. The molecule has 0 aromatic heterocycles. The molecule has 0 radical (unpaired) electrons. The molecule has 128 valence electrons. The third-order valence-corrected chi connectivity index (χ3v) is 4.07. The molecule has 1 aliphatic heterocycles. The van der Waals surface area contributed by atoms with Crippen molar-refractivity contribution in [3.8, 4) is 0 Å². The lowest BCUT2D eigenvalue weighted by Crippen LogP contribution is -2.41. The Morgan fingerprint density at radius 2 is 2.04 bits per heavy atom. The first-order valence-electron chi connectivity index (χ1n) is 8.28. The van der Waals surface area contributed by atoms with Gasteiger partial charge in [-0.2, -0.15) is 0 Å². The Hall–Kier alpha value is -1.59. The summed E-state index contributed by atoms with van der Waals surface area (Å²) in [5.74, 6) is 0. The first-order chi connectivity index (χ1) is 10.8. The van der Waals surface area contributed by atoms with E-state index in [1.807, 2.05) is 20.8 Å². The molecule has 5 nitrogen and oxygen atoms in total. The number of nitrogens with one attached hydrogen (secondary N) is 1. The van der Waals surface area contributed by atoms with E-state index in [2.05, 4.69) is 41.4 Å². The normalized spacial score (nSPS) is 20.3. The van der Waals surface area contributed by atoms with E-state index in [1.54, 1.807) is 0 Å². The number of benzene rings is 1. The summed E-state index contributed by atoms with van der Waals surface area (Å²) in [4.78, 5) is 14.2.